The first-order valence-corrected chi connectivity index (χ1v) is 9.86. The summed E-state index contributed by atoms with van der Waals surface area (Å²) in [6.07, 6.45) is 4.02. The van der Waals surface area contributed by atoms with E-state index in [2.05, 4.69) is 27.6 Å². The Morgan fingerprint density at radius 2 is 1.90 bits per heavy atom. The van der Waals surface area contributed by atoms with Crippen molar-refractivity contribution < 1.29 is 14.3 Å². The Morgan fingerprint density at radius 3 is 2.63 bits per heavy atom. The maximum Gasteiger partial charge on any atom is 0.255 e. The van der Waals surface area contributed by atoms with Crippen molar-refractivity contribution >= 4 is 23.2 Å². The van der Waals surface area contributed by atoms with Crippen molar-refractivity contribution in [1.29, 1.82) is 0 Å². The molecule has 0 saturated heterocycles. The molecular weight excluding hydrogens is 382 g/mol. The van der Waals surface area contributed by atoms with Crippen molar-refractivity contribution in [2.75, 3.05) is 17.2 Å². The van der Waals surface area contributed by atoms with E-state index in [-0.39, 0.29) is 17.7 Å². The second kappa shape index (κ2) is 8.77. The van der Waals surface area contributed by atoms with Crippen molar-refractivity contribution in [3.05, 3.63) is 66.7 Å². The smallest absolute Gasteiger partial charge is 0.255 e. The zero-order valence-corrected chi connectivity index (χ0v) is 16.6. The van der Waals surface area contributed by atoms with Gasteiger partial charge in [0.15, 0.2) is 0 Å². The Bertz CT molecular complexity index is 1030. The number of ether oxygens (including phenoxy) is 1. The first-order valence-electron chi connectivity index (χ1n) is 9.86. The fourth-order valence-electron chi connectivity index (χ4n) is 3.13. The first-order chi connectivity index (χ1) is 14.6. The van der Waals surface area contributed by atoms with Crippen LogP contribution >= 0.6 is 0 Å². The number of amides is 2. The second-order valence-corrected chi connectivity index (χ2v) is 7.38. The molecule has 1 aliphatic rings. The molecular formula is C22H23N5O3. The van der Waals surface area contributed by atoms with Crippen LogP contribution in [0.25, 0.3) is 0 Å². The number of nitrogens with zero attached hydrogens (tertiary/aromatic N) is 3. The van der Waals surface area contributed by atoms with Gasteiger partial charge in [-0.25, -0.2) is 9.67 Å². The molecule has 2 amide bonds. The summed E-state index contributed by atoms with van der Waals surface area (Å²) in [5.41, 5.74) is 1.71. The van der Waals surface area contributed by atoms with Gasteiger partial charge in [-0.05, 0) is 42.7 Å². The lowest BCUT2D eigenvalue weighted by molar-refractivity contribution is -0.117. The molecule has 3 aromatic rings. The molecule has 0 radical (unpaired) electrons. The molecule has 0 aliphatic heterocycles. The number of hydrogen-bond acceptors (Lipinski definition) is 5. The molecule has 1 saturated carbocycles. The summed E-state index contributed by atoms with van der Waals surface area (Å²) < 4.78 is 7.40. The van der Waals surface area contributed by atoms with Crippen LogP contribution in [0.4, 0.5) is 11.4 Å². The van der Waals surface area contributed by atoms with E-state index in [4.69, 9.17) is 4.74 Å². The van der Waals surface area contributed by atoms with Crippen LogP contribution in [-0.2, 0) is 11.3 Å². The third kappa shape index (κ3) is 5.02. The highest BCUT2D eigenvalue weighted by atomic mass is 16.5. The van der Waals surface area contributed by atoms with E-state index >= 15 is 0 Å². The number of rotatable bonds is 8. The van der Waals surface area contributed by atoms with Gasteiger partial charge in [0.25, 0.3) is 5.91 Å². The monoisotopic (exact) mass is 405 g/mol. The highest BCUT2D eigenvalue weighted by Crippen LogP contribution is 2.38. The molecule has 8 heteroatoms. The lowest BCUT2D eigenvalue weighted by Crippen LogP contribution is -2.16. The summed E-state index contributed by atoms with van der Waals surface area (Å²) in [7, 11) is 0. The minimum Gasteiger partial charge on any atom is -0.492 e. The third-order valence-electron chi connectivity index (χ3n) is 4.99. The minimum absolute atomic E-state index is 0.0100. The zero-order valence-electron chi connectivity index (χ0n) is 16.6. The van der Waals surface area contributed by atoms with Gasteiger partial charge in [0, 0.05) is 28.9 Å². The normalized spacial score (nSPS) is 17.2. The largest absolute Gasteiger partial charge is 0.492 e. The SMILES string of the molecule is CC1CC1C(=O)Nc1cccc(C(=O)Nc2cccc(OCCn3cncn3)c2)c1. The van der Waals surface area contributed by atoms with Gasteiger partial charge in [-0.1, -0.05) is 19.1 Å². The molecule has 154 valence electrons. The number of carbonyl (C=O) groups excluding carboxylic acids is 2. The number of hydrogen-bond donors (Lipinski definition) is 2. The van der Waals surface area contributed by atoms with Gasteiger partial charge in [0.2, 0.25) is 5.91 Å². The summed E-state index contributed by atoms with van der Waals surface area (Å²) in [6, 6.07) is 14.1. The molecule has 2 unspecified atom stereocenters. The van der Waals surface area contributed by atoms with Crippen LogP contribution in [0.5, 0.6) is 5.75 Å². The first kappa shape index (κ1) is 19.6. The number of nitrogens with one attached hydrogen (secondary N) is 2. The molecule has 0 bridgehead atoms. The molecule has 1 aromatic heterocycles. The van der Waals surface area contributed by atoms with Gasteiger partial charge in [-0.2, -0.15) is 5.10 Å². The quantitative estimate of drug-likeness (QED) is 0.600. The molecule has 2 aromatic carbocycles. The van der Waals surface area contributed by atoms with Crippen LogP contribution in [0.1, 0.15) is 23.7 Å². The standard InChI is InChI=1S/C22H23N5O3/c1-15-10-20(15)22(29)26-17-5-2-4-16(11-17)21(28)25-18-6-3-7-19(12-18)30-9-8-27-14-23-13-24-27/h2-7,11-15,20H,8-10H2,1H3,(H,25,28)(H,26,29). The molecule has 1 heterocycles. The maximum absolute atomic E-state index is 12.6. The maximum atomic E-state index is 12.6. The van der Waals surface area contributed by atoms with E-state index in [1.54, 1.807) is 47.4 Å². The number of benzene rings is 2. The van der Waals surface area contributed by atoms with Crippen LogP contribution in [0.2, 0.25) is 0 Å². The number of carbonyl (C=O) groups is 2. The highest BCUT2D eigenvalue weighted by Gasteiger charge is 2.39. The molecule has 2 atom stereocenters. The molecule has 1 fully saturated rings. The van der Waals surface area contributed by atoms with Gasteiger partial charge >= 0.3 is 0 Å². The summed E-state index contributed by atoms with van der Waals surface area (Å²) in [5.74, 6) is 0.908. The van der Waals surface area contributed by atoms with Crippen LogP contribution in [0, 0.1) is 11.8 Å². The summed E-state index contributed by atoms with van der Waals surface area (Å²) in [6.45, 7) is 3.07. The molecule has 4 rings (SSSR count). The van der Waals surface area contributed by atoms with Gasteiger partial charge in [-0.15, -0.1) is 0 Å². The Hall–Kier alpha value is -3.68. The third-order valence-corrected chi connectivity index (χ3v) is 4.99. The molecule has 2 N–H and O–H groups in total. The molecule has 30 heavy (non-hydrogen) atoms. The number of anilines is 2. The van der Waals surface area contributed by atoms with Gasteiger partial charge in [0.05, 0.1) is 6.54 Å². The lowest BCUT2D eigenvalue weighted by Gasteiger charge is -2.10. The number of aromatic nitrogens is 3. The Balaban J connectivity index is 1.34. The average Bonchev–Trinajstić information content (AvgIpc) is 3.25. The predicted octanol–water partition coefficient (Wildman–Crippen LogP) is 3.20. The van der Waals surface area contributed by atoms with Gasteiger partial charge in [0.1, 0.15) is 25.0 Å². The van der Waals surface area contributed by atoms with Crippen LogP contribution < -0.4 is 15.4 Å². The van der Waals surface area contributed by atoms with Gasteiger partial charge in [-0.3, -0.25) is 9.59 Å². The van der Waals surface area contributed by atoms with Crippen LogP contribution in [0.15, 0.2) is 61.2 Å². The van der Waals surface area contributed by atoms with E-state index in [0.717, 1.165) is 6.42 Å². The minimum atomic E-state index is -0.259. The zero-order chi connectivity index (χ0) is 20.9. The highest BCUT2D eigenvalue weighted by molar-refractivity contribution is 6.05. The van der Waals surface area contributed by atoms with Crippen molar-refractivity contribution in [1.82, 2.24) is 14.8 Å². The summed E-state index contributed by atoms with van der Waals surface area (Å²) in [4.78, 5) is 28.7. The Labute approximate surface area is 174 Å². The van der Waals surface area contributed by atoms with Gasteiger partial charge < -0.3 is 15.4 Å². The average molecular weight is 405 g/mol. The van der Waals surface area contributed by atoms with Crippen molar-refractivity contribution in [3.8, 4) is 5.75 Å². The Morgan fingerprint density at radius 1 is 1.13 bits per heavy atom. The molecule has 8 nitrogen and oxygen atoms in total. The van der Waals surface area contributed by atoms with E-state index < -0.39 is 0 Å². The fraction of sp³-hybridized carbons (Fsp3) is 0.273. The van der Waals surface area contributed by atoms with E-state index in [1.165, 1.54) is 6.33 Å². The van der Waals surface area contributed by atoms with Crippen LogP contribution in [-0.4, -0.2) is 33.2 Å². The van der Waals surface area contributed by atoms with Crippen LogP contribution in [0.3, 0.4) is 0 Å². The van der Waals surface area contributed by atoms with Crippen molar-refractivity contribution in [2.24, 2.45) is 11.8 Å². The van der Waals surface area contributed by atoms with E-state index in [1.807, 2.05) is 12.1 Å². The molecule has 1 aliphatic carbocycles. The molecule has 0 spiro atoms. The summed E-state index contributed by atoms with van der Waals surface area (Å²) >= 11 is 0. The lowest BCUT2D eigenvalue weighted by atomic mass is 10.1. The van der Waals surface area contributed by atoms with E-state index in [9.17, 15) is 9.59 Å². The van der Waals surface area contributed by atoms with Crippen molar-refractivity contribution in [2.45, 2.75) is 19.9 Å². The van der Waals surface area contributed by atoms with Crippen molar-refractivity contribution in [3.63, 3.8) is 0 Å². The van der Waals surface area contributed by atoms with E-state index in [0.29, 0.717) is 41.8 Å². The summed E-state index contributed by atoms with van der Waals surface area (Å²) in [5, 5.41) is 9.77. The fourth-order valence-corrected chi connectivity index (χ4v) is 3.13. The predicted molar refractivity (Wildman–Crippen MR) is 112 cm³/mol. The topological polar surface area (TPSA) is 98.1 Å². The second-order valence-electron chi connectivity index (χ2n) is 7.38. The Kier molecular flexibility index (Phi) is 5.74.